The van der Waals surface area contributed by atoms with Crippen molar-refractivity contribution in [3.63, 3.8) is 0 Å². The standard InChI is InChI=1S/C36H34N4O6/c41-29-17-13-25(14-18-29)23-31(39-33(43)27-9-3-1-4-10-27)35(45)37-21-7-8-22-38-36(46)32(24-26-15-19-30(42)20-16-26)40-34(44)28-11-5-2-6-12-28/h1-6,9-20,23-24,41-42H,7-8,21-22H2,(H,37,45)(H,38,46)(H,39,43)(H,40,44)/b31-23-,32-24-. The van der Waals surface area contributed by atoms with Crippen LogP contribution in [0.4, 0.5) is 0 Å². The van der Waals surface area contributed by atoms with Gasteiger partial charge in [-0.25, -0.2) is 0 Å². The van der Waals surface area contributed by atoms with Gasteiger partial charge in [0, 0.05) is 24.2 Å². The third kappa shape index (κ3) is 10.2. The van der Waals surface area contributed by atoms with Crippen molar-refractivity contribution in [2.75, 3.05) is 13.1 Å². The molecule has 4 aromatic carbocycles. The Kier molecular flexibility index (Phi) is 11.8. The van der Waals surface area contributed by atoms with Crippen LogP contribution in [0, 0.1) is 0 Å². The van der Waals surface area contributed by atoms with Crippen LogP contribution in [0.5, 0.6) is 11.5 Å². The number of benzene rings is 4. The fourth-order valence-electron chi connectivity index (χ4n) is 4.20. The van der Waals surface area contributed by atoms with Gasteiger partial charge in [0.15, 0.2) is 0 Å². The molecule has 0 aliphatic rings. The number of hydrogen-bond acceptors (Lipinski definition) is 6. The molecule has 4 amide bonds. The molecule has 0 bridgehead atoms. The van der Waals surface area contributed by atoms with Crippen molar-refractivity contribution >= 4 is 35.8 Å². The zero-order valence-electron chi connectivity index (χ0n) is 24.9. The predicted molar refractivity (Wildman–Crippen MR) is 175 cm³/mol. The Hall–Kier alpha value is -6.16. The fraction of sp³-hybridized carbons (Fsp3) is 0.111. The molecule has 0 saturated heterocycles. The highest BCUT2D eigenvalue weighted by molar-refractivity contribution is 6.06. The van der Waals surface area contributed by atoms with Gasteiger partial charge in [0.25, 0.3) is 23.6 Å². The molecule has 6 N–H and O–H groups in total. The van der Waals surface area contributed by atoms with Crippen LogP contribution in [0.2, 0.25) is 0 Å². The molecular weight excluding hydrogens is 584 g/mol. The average Bonchev–Trinajstić information content (AvgIpc) is 3.08. The maximum Gasteiger partial charge on any atom is 0.267 e. The Morgan fingerprint density at radius 1 is 0.500 bits per heavy atom. The van der Waals surface area contributed by atoms with Gasteiger partial charge in [-0.1, -0.05) is 60.7 Å². The quantitative estimate of drug-likeness (QED) is 0.0966. The topological polar surface area (TPSA) is 157 Å². The highest BCUT2D eigenvalue weighted by Crippen LogP contribution is 2.14. The van der Waals surface area contributed by atoms with Crippen molar-refractivity contribution in [2.45, 2.75) is 12.8 Å². The van der Waals surface area contributed by atoms with Crippen LogP contribution < -0.4 is 21.3 Å². The van der Waals surface area contributed by atoms with Crippen LogP contribution in [0.1, 0.15) is 44.7 Å². The molecule has 234 valence electrons. The summed E-state index contributed by atoms with van der Waals surface area (Å²) in [5.74, 6) is -1.73. The summed E-state index contributed by atoms with van der Waals surface area (Å²) < 4.78 is 0. The van der Waals surface area contributed by atoms with Gasteiger partial charge in [-0.3, -0.25) is 19.2 Å². The van der Waals surface area contributed by atoms with E-state index in [4.69, 9.17) is 0 Å². The second kappa shape index (κ2) is 16.6. The van der Waals surface area contributed by atoms with E-state index >= 15 is 0 Å². The largest absolute Gasteiger partial charge is 0.508 e. The lowest BCUT2D eigenvalue weighted by Gasteiger charge is -2.13. The fourth-order valence-corrected chi connectivity index (χ4v) is 4.20. The van der Waals surface area contributed by atoms with Crippen LogP contribution in [0.3, 0.4) is 0 Å². The monoisotopic (exact) mass is 618 g/mol. The van der Waals surface area contributed by atoms with Crippen molar-refractivity contribution in [3.8, 4) is 11.5 Å². The highest BCUT2D eigenvalue weighted by Gasteiger charge is 2.16. The number of phenolic OH excluding ortho intramolecular Hbond substituents is 2. The van der Waals surface area contributed by atoms with E-state index in [-0.39, 0.29) is 36.0 Å². The summed E-state index contributed by atoms with van der Waals surface area (Å²) in [6.45, 7) is 0.535. The van der Waals surface area contributed by atoms with Gasteiger partial charge >= 0.3 is 0 Å². The Bertz CT molecular complexity index is 1570. The Labute approximate surface area is 266 Å². The van der Waals surface area contributed by atoms with Gasteiger partial charge in [-0.2, -0.15) is 0 Å². The molecule has 0 atom stereocenters. The summed E-state index contributed by atoms with van der Waals surface area (Å²) in [7, 11) is 0. The van der Waals surface area contributed by atoms with Gasteiger partial charge in [0.1, 0.15) is 22.9 Å². The smallest absolute Gasteiger partial charge is 0.267 e. The number of carbonyl (C=O) groups excluding carboxylic acids is 4. The molecule has 10 heteroatoms. The molecular formula is C36H34N4O6. The number of aromatic hydroxyl groups is 2. The lowest BCUT2D eigenvalue weighted by atomic mass is 10.1. The summed E-state index contributed by atoms with van der Waals surface area (Å²) in [5, 5.41) is 30.1. The second-order valence-corrected chi connectivity index (χ2v) is 10.2. The van der Waals surface area contributed by atoms with Crippen molar-refractivity contribution in [3.05, 3.63) is 143 Å². The first-order valence-electron chi connectivity index (χ1n) is 14.6. The van der Waals surface area contributed by atoms with Gasteiger partial charge in [0.05, 0.1) is 0 Å². The van der Waals surface area contributed by atoms with Gasteiger partial charge < -0.3 is 31.5 Å². The third-order valence-corrected chi connectivity index (χ3v) is 6.64. The van der Waals surface area contributed by atoms with Crippen molar-refractivity contribution in [2.24, 2.45) is 0 Å². The van der Waals surface area contributed by atoms with E-state index in [1.54, 1.807) is 84.9 Å². The zero-order valence-corrected chi connectivity index (χ0v) is 24.9. The molecule has 0 aromatic heterocycles. The molecule has 0 fully saturated rings. The summed E-state index contributed by atoms with van der Waals surface area (Å²) in [5.41, 5.74) is 2.06. The maximum absolute atomic E-state index is 13.0. The SMILES string of the molecule is O=C(NCCCCNC(=O)/C(=C/c1ccc(O)cc1)NC(=O)c1ccccc1)/C(=C/c1ccc(O)cc1)NC(=O)c1ccccc1. The highest BCUT2D eigenvalue weighted by atomic mass is 16.3. The molecule has 4 aromatic rings. The molecule has 0 heterocycles. The Morgan fingerprint density at radius 2 is 0.848 bits per heavy atom. The van der Waals surface area contributed by atoms with Gasteiger partial charge in [-0.15, -0.1) is 0 Å². The van der Waals surface area contributed by atoms with E-state index in [2.05, 4.69) is 21.3 Å². The third-order valence-electron chi connectivity index (χ3n) is 6.64. The molecule has 4 rings (SSSR count). The minimum Gasteiger partial charge on any atom is -0.508 e. The van der Waals surface area contributed by atoms with Crippen molar-refractivity contribution < 1.29 is 29.4 Å². The molecule has 0 radical (unpaired) electrons. The minimum atomic E-state index is -0.496. The van der Waals surface area contributed by atoms with E-state index < -0.39 is 23.6 Å². The molecule has 0 saturated carbocycles. The van der Waals surface area contributed by atoms with Crippen LogP contribution in [-0.4, -0.2) is 46.9 Å². The summed E-state index contributed by atoms with van der Waals surface area (Å²) in [4.78, 5) is 51.6. The number of rotatable bonds is 13. The first-order chi connectivity index (χ1) is 22.3. The number of unbranched alkanes of at least 4 members (excludes halogenated alkanes) is 1. The van der Waals surface area contributed by atoms with Crippen LogP contribution >= 0.6 is 0 Å². The van der Waals surface area contributed by atoms with Gasteiger partial charge in [-0.05, 0) is 84.7 Å². The van der Waals surface area contributed by atoms with E-state index in [9.17, 15) is 29.4 Å². The number of hydrogen-bond donors (Lipinski definition) is 6. The Morgan fingerprint density at radius 3 is 1.20 bits per heavy atom. The molecule has 10 nitrogen and oxygen atoms in total. The number of nitrogens with one attached hydrogen (secondary N) is 4. The normalized spacial score (nSPS) is 11.3. The van der Waals surface area contributed by atoms with Crippen LogP contribution in [0.25, 0.3) is 12.2 Å². The molecule has 0 aliphatic carbocycles. The number of phenols is 2. The summed E-state index contributed by atoms with van der Waals surface area (Å²) in [6, 6.07) is 29.4. The van der Waals surface area contributed by atoms with E-state index in [1.165, 1.54) is 36.4 Å². The first-order valence-corrected chi connectivity index (χ1v) is 14.6. The van der Waals surface area contributed by atoms with Gasteiger partial charge in [0.2, 0.25) is 0 Å². The second-order valence-electron chi connectivity index (χ2n) is 10.2. The average molecular weight is 619 g/mol. The van der Waals surface area contributed by atoms with Crippen molar-refractivity contribution in [1.82, 2.24) is 21.3 Å². The predicted octanol–water partition coefficient (Wildman–Crippen LogP) is 4.35. The van der Waals surface area contributed by atoms with Crippen LogP contribution in [-0.2, 0) is 9.59 Å². The van der Waals surface area contributed by atoms with E-state index in [0.29, 0.717) is 35.1 Å². The molecule has 0 aliphatic heterocycles. The van der Waals surface area contributed by atoms with Crippen molar-refractivity contribution in [1.29, 1.82) is 0 Å². The summed E-state index contributed by atoms with van der Waals surface area (Å²) >= 11 is 0. The molecule has 46 heavy (non-hydrogen) atoms. The Balaban J connectivity index is 1.32. The molecule has 0 spiro atoms. The minimum absolute atomic E-state index is 0.0333. The lowest BCUT2D eigenvalue weighted by Crippen LogP contribution is -2.36. The zero-order chi connectivity index (χ0) is 32.7. The maximum atomic E-state index is 13.0. The number of carbonyl (C=O) groups is 4. The molecule has 0 unspecified atom stereocenters. The van der Waals surface area contributed by atoms with E-state index in [0.717, 1.165) is 0 Å². The van der Waals surface area contributed by atoms with Crippen LogP contribution in [0.15, 0.2) is 121 Å². The van der Waals surface area contributed by atoms with E-state index in [1.807, 2.05) is 0 Å². The first kappa shape index (κ1) is 32.7. The number of amides is 4. The summed E-state index contributed by atoms with van der Waals surface area (Å²) in [6.07, 6.45) is 4.06. The lowest BCUT2D eigenvalue weighted by molar-refractivity contribution is -0.118.